The highest BCUT2D eigenvalue weighted by molar-refractivity contribution is 6.65. The molecule has 5 heteroatoms. The van der Waals surface area contributed by atoms with Crippen molar-refractivity contribution in [2.75, 3.05) is 0 Å². The fourth-order valence-electron chi connectivity index (χ4n) is 6.33. The highest BCUT2D eigenvalue weighted by Gasteiger charge is 2.52. The third-order valence-corrected chi connectivity index (χ3v) is 9.08. The number of hydrogen-bond acceptors (Lipinski definition) is 3. The second-order valence-electron chi connectivity index (χ2n) is 12.0. The Hall–Kier alpha value is -4.32. The number of aromatic nitrogens is 1. The summed E-state index contributed by atoms with van der Waals surface area (Å²) in [6.45, 7) is 8.32. The molecule has 0 radical (unpaired) electrons. The first-order chi connectivity index (χ1) is 19.8. The molecule has 0 N–H and O–H groups in total. The van der Waals surface area contributed by atoms with Crippen molar-refractivity contribution in [3.8, 4) is 16.8 Å². The average molecular weight is 535 g/mol. The van der Waals surface area contributed by atoms with E-state index in [4.69, 9.17) is 13.7 Å². The lowest BCUT2D eigenvalue weighted by Crippen LogP contribution is -2.41. The summed E-state index contributed by atoms with van der Waals surface area (Å²) in [4.78, 5) is 0. The van der Waals surface area contributed by atoms with Gasteiger partial charge in [-0.2, -0.15) is 0 Å². The minimum Gasteiger partial charge on any atom is -0.456 e. The van der Waals surface area contributed by atoms with Gasteiger partial charge in [-0.25, -0.2) is 0 Å². The molecule has 0 saturated carbocycles. The third-order valence-electron chi connectivity index (χ3n) is 9.08. The molecule has 1 aliphatic rings. The van der Waals surface area contributed by atoms with Gasteiger partial charge < -0.3 is 18.3 Å². The van der Waals surface area contributed by atoms with E-state index in [9.17, 15) is 0 Å². The van der Waals surface area contributed by atoms with Crippen LogP contribution < -0.4 is 5.46 Å². The van der Waals surface area contributed by atoms with Gasteiger partial charge in [0.1, 0.15) is 11.2 Å². The van der Waals surface area contributed by atoms with Crippen molar-refractivity contribution in [3.63, 3.8) is 0 Å². The van der Waals surface area contributed by atoms with Crippen LogP contribution >= 0.6 is 0 Å². The van der Waals surface area contributed by atoms with Crippen LogP contribution in [0.1, 0.15) is 27.7 Å². The molecule has 0 aliphatic carbocycles. The molecule has 4 nitrogen and oxygen atoms in total. The van der Waals surface area contributed by atoms with Crippen LogP contribution in [0.5, 0.6) is 0 Å². The van der Waals surface area contributed by atoms with E-state index >= 15 is 0 Å². The first-order valence-corrected chi connectivity index (χ1v) is 14.2. The summed E-state index contributed by atoms with van der Waals surface area (Å²) in [5, 5.41) is 4.64. The largest absolute Gasteiger partial charge is 0.498 e. The van der Waals surface area contributed by atoms with Crippen LogP contribution in [-0.2, 0) is 9.31 Å². The SMILES string of the molecule is CC1(C)OB(c2cccc3c2oc2cccc(-c4ccccc4-n4c5ccccc5c5ccccc54)c23)OC1(C)C. The maximum Gasteiger partial charge on any atom is 0.498 e. The molecular formula is C36H30BNO3. The number of rotatable bonds is 3. The quantitative estimate of drug-likeness (QED) is 0.213. The number of para-hydroxylation sites is 4. The molecule has 3 heterocycles. The Kier molecular flexibility index (Phi) is 5.13. The Balaban J connectivity index is 1.38. The van der Waals surface area contributed by atoms with Gasteiger partial charge in [0.25, 0.3) is 0 Å². The van der Waals surface area contributed by atoms with Crippen LogP contribution in [0, 0.1) is 0 Å². The summed E-state index contributed by atoms with van der Waals surface area (Å²) >= 11 is 0. The number of furan rings is 1. The fraction of sp³-hybridized carbons (Fsp3) is 0.167. The Morgan fingerprint density at radius 3 is 1.83 bits per heavy atom. The van der Waals surface area contributed by atoms with Crippen molar-refractivity contribution in [1.82, 2.24) is 4.57 Å². The molecule has 0 atom stereocenters. The van der Waals surface area contributed by atoms with E-state index in [-0.39, 0.29) is 0 Å². The highest BCUT2D eigenvalue weighted by Crippen LogP contribution is 2.42. The highest BCUT2D eigenvalue weighted by atomic mass is 16.7. The third kappa shape index (κ3) is 3.49. The number of nitrogens with zero attached hydrogens (tertiary/aromatic N) is 1. The van der Waals surface area contributed by atoms with Crippen LogP contribution in [0.2, 0.25) is 0 Å². The van der Waals surface area contributed by atoms with E-state index < -0.39 is 18.3 Å². The van der Waals surface area contributed by atoms with Crippen molar-refractivity contribution in [2.45, 2.75) is 38.9 Å². The minimum atomic E-state index is -0.502. The van der Waals surface area contributed by atoms with Crippen molar-refractivity contribution >= 4 is 56.3 Å². The molecule has 41 heavy (non-hydrogen) atoms. The average Bonchev–Trinajstić information content (AvgIpc) is 3.59. The van der Waals surface area contributed by atoms with Gasteiger partial charge in [0.2, 0.25) is 0 Å². The monoisotopic (exact) mass is 535 g/mol. The maximum absolute atomic E-state index is 6.60. The smallest absolute Gasteiger partial charge is 0.456 e. The summed E-state index contributed by atoms with van der Waals surface area (Å²) < 4.78 is 21.9. The topological polar surface area (TPSA) is 36.5 Å². The van der Waals surface area contributed by atoms with Crippen molar-refractivity contribution in [3.05, 3.63) is 109 Å². The van der Waals surface area contributed by atoms with Crippen molar-refractivity contribution in [2.24, 2.45) is 0 Å². The van der Waals surface area contributed by atoms with Crippen molar-refractivity contribution < 1.29 is 13.7 Å². The van der Waals surface area contributed by atoms with Crippen LogP contribution in [0.3, 0.4) is 0 Å². The zero-order valence-electron chi connectivity index (χ0n) is 23.6. The first-order valence-electron chi connectivity index (χ1n) is 14.2. The summed E-state index contributed by atoms with van der Waals surface area (Å²) in [6.07, 6.45) is 0. The minimum absolute atomic E-state index is 0.432. The number of fused-ring (bicyclic) bond motifs is 6. The maximum atomic E-state index is 6.60. The summed E-state index contributed by atoms with van der Waals surface area (Å²) in [5.74, 6) is 0. The number of hydrogen-bond donors (Lipinski definition) is 0. The molecule has 200 valence electrons. The van der Waals surface area contributed by atoms with Gasteiger partial charge in [-0.1, -0.05) is 84.9 Å². The fourth-order valence-corrected chi connectivity index (χ4v) is 6.33. The summed E-state index contributed by atoms with van der Waals surface area (Å²) in [7, 11) is -0.502. The molecular weight excluding hydrogens is 505 g/mol. The van der Waals surface area contributed by atoms with Crippen LogP contribution in [0.25, 0.3) is 60.6 Å². The van der Waals surface area contributed by atoms with Crippen LogP contribution in [0.15, 0.2) is 114 Å². The van der Waals surface area contributed by atoms with Gasteiger partial charge in [0.15, 0.2) is 0 Å². The molecule has 7 aromatic rings. The lowest BCUT2D eigenvalue weighted by Gasteiger charge is -2.32. The molecule has 0 spiro atoms. The molecule has 0 bridgehead atoms. The van der Waals surface area contributed by atoms with Crippen molar-refractivity contribution in [1.29, 1.82) is 0 Å². The van der Waals surface area contributed by atoms with E-state index in [0.717, 1.165) is 44.2 Å². The van der Waals surface area contributed by atoms with E-state index in [1.807, 2.05) is 0 Å². The zero-order chi connectivity index (χ0) is 27.9. The van der Waals surface area contributed by atoms with E-state index in [1.54, 1.807) is 0 Å². The van der Waals surface area contributed by atoms with Gasteiger partial charge in [0.05, 0.1) is 27.9 Å². The predicted octanol–water partition coefficient (Wildman–Crippen LogP) is 8.65. The Morgan fingerprint density at radius 1 is 0.561 bits per heavy atom. The zero-order valence-corrected chi connectivity index (χ0v) is 23.6. The normalized spacial score (nSPS) is 16.4. The standard InChI is InChI=1S/C36H30BNO3/c1-35(2)36(3,4)41-37(40-35)28-18-11-17-27-33-26(16-12-22-32(33)39-34(27)28)25-15-7-10-21-31(25)38-29-19-8-5-13-23(29)24-14-6-9-20-30(24)38/h5-22H,1-4H3. The second-order valence-corrected chi connectivity index (χ2v) is 12.0. The molecule has 1 saturated heterocycles. The van der Waals surface area contributed by atoms with Gasteiger partial charge in [0, 0.05) is 32.6 Å². The Bertz CT molecular complexity index is 2060. The first kappa shape index (κ1) is 24.5. The Labute approximate surface area is 239 Å². The molecule has 0 unspecified atom stereocenters. The summed E-state index contributed by atoms with van der Waals surface area (Å²) in [6, 6.07) is 38.5. The van der Waals surface area contributed by atoms with E-state index in [2.05, 4.69) is 141 Å². The molecule has 1 fully saturated rings. The molecule has 2 aromatic heterocycles. The Morgan fingerprint density at radius 2 is 1.12 bits per heavy atom. The molecule has 8 rings (SSSR count). The summed E-state index contributed by atoms with van der Waals surface area (Å²) in [5.41, 5.74) is 7.49. The molecule has 5 aromatic carbocycles. The van der Waals surface area contributed by atoms with E-state index in [1.165, 1.54) is 21.8 Å². The van der Waals surface area contributed by atoms with E-state index in [0.29, 0.717) is 0 Å². The van der Waals surface area contributed by atoms with Crippen LogP contribution in [-0.4, -0.2) is 22.9 Å². The van der Waals surface area contributed by atoms with Crippen LogP contribution in [0.4, 0.5) is 0 Å². The van der Waals surface area contributed by atoms with Gasteiger partial charge in [-0.3, -0.25) is 0 Å². The number of benzene rings is 5. The predicted molar refractivity (Wildman–Crippen MR) is 169 cm³/mol. The molecule has 1 aliphatic heterocycles. The lowest BCUT2D eigenvalue weighted by atomic mass is 9.78. The van der Waals surface area contributed by atoms with Gasteiger partial charge in [-0.15, -0.1) is 0 Å². The van der Waals surface area contributed by atoms with Gasteiger partial charge >= 0.3 is 7.12 Å². The molecule has 0 amide bonds. The lowest BCUT2D eigenvalue weighted by molar-refractivity contribution is 0.00578. The second kappa shape index (κ2) is 8.59. The van der Waals surface area contributed by atoms with Gasteiger partial charge in [-0.05, 0) is 57.5 Å².